The van der Waals surface area contributed by atoms with Gasteiger partial charge in [0, 0.05) is 17.2 Å². The number of carbonyl (C=O) groups is 1. The molecule has 0 unspecified atom stereocenters. The first-order valence-corrected chi connectivity index (χ1v) is 8.79. The van der Waals surface area contributed by atoms with Gasteiger partial charge in [0.15, 0.2) is 0 Å². The second-order valence-electron chi connectivity index (χ2n) is 4.45. The van der Waals surface area contributed by atoms with E-state index in [1.807, 2.05) is 36.4 Å². The molecule has 112 valence electrons. The highest BCUT2D eigenvalue weighted by atomic mass is 35.5. The number of hydrogen-bond donors (Lipinski definition) is 2. The maximum atomic E-state index is 11.8. The van der Waals surface area contributed by atoms with Crippen LogP contribution in [0.2, 0.25) is 4.34 Å². The average Bonchev–Trinajstić information content (AvgIpc) is 2.91. The second kappa shape index (κ2) is 8.44. The third-order valence-electron chi connectivity index (χ3n) is 2.77. The number of aliphatic hydroxyl groups excluding tert-OH is 1. The minimum absolute atomic E-state index is 0.0112. The zero-order chi connectivity index (χ0) is 15.1. The summed E-state index contributed by atoms with van der Waals surface area (Å²) < 4.78 is 0.777. The fourth-order valence-electron chi connectivity index (χ4n) is 1.76. The van der Waals surface area contributed by atoms with Gasteiger partial charge in [0.05, 0.1) is 16.7 Å². The van der Waals surface area contributed by atoms with E-state index >= 15 is 0 Å². The Morgan fingerprint density at radius 3 is 2.81 bits per heavy atom. The fourth-order valence-corrected chi connectivity index (χ4v) is 3.82. The second-order valence-corrected chi connectivity index (χ2v) is 7.24. The molecule has 1 aromatic heterocycles. The largest absolute Gasteiger partial charge is 0.392 e. The molecule has 2 rings (SSSR count). The van der Waals surface area contributed by atoms with Crippen LogP contribution in [0.15, 0.2) is 36.4 Å². The van der Waals surface area contributed by atoms with Crippen LogP contribution in [0.5, 0.6) is 0 Å². The van der Waals surface area contributed by atoms with E-state index in [1.54, 1.807) is 23.1 Å². The molecule has 1 amide bonds. The van der Waals surface area contributed by atoms with Gasteiger partial charge in [-0.05, 0) is 23.3 Å². The van der Waals surface area contributed by atoms with E-state index in [0.717, 1.165) is 21.2 Å². The van der Waals surface area contributed by atoms with Crippen LogP contribution in [0.25, 0.3) is 0 Å². The fraction of sp³-hybridized carbons (Fsp3) is 0.267. The summed E-state index contributed by atoms with van der Waals surface area (Å²) in [4.78, 5) is 12.9. The molecular weight excluding hydrogens is 326 g/mol. The molecule has 2 aromatic rings. The number of thiophene rings is 1. The average molecular weight is 342 g/mol. The first-order valence-electron chi connectivity index (χ1n) is 6.44. The lowest BCUT2D eigenvalue weighted by atomic mass is 10.1. The van der Waals surface area contributed by atoms with E-state index in [4.69, 9.17) is 16.7 Å². The molecule has 0 atom stereocenters. The van der Waals surface area contributed by atoms with Crippen LogP contribution in [0.4, 0.5) is 0 Å². The van der Waals surface area contributed by atoms with E-state index in [2.05, 4.69) is 5.32 Å². The molecule has 6 heteroatoms. The molecule has 0 aliphatic rings. The van der Waals surface area contributed by atoms with Crippen molar-refractivity contribution in [3.05, 3.63) is 56.7 Å². The van der Waals surface area contributed by atoms with Crippen molar-refractivity contribution in [2.24, 2.45) is 0 Å². The minimum Gasteiger partial charge on any atom is -0.392 e. The predicted octanol–water partition coefficient (Wildman–Crippen LogP) is 3.44. The molecule has 2 N–H and O–H groups in total. The van der Waals surface area contributed by atoms with Crippen molar-refractivity contribution in [2.75, 3.05) is 5.75 Å². The van der Waals surface area contributed by atoms with Crippen LogP contribution in [0.1, 0.15) is 16.0 Å². The Kier molecular flexibility index (Phi) is 6.57. The molecule has 0 fully saturated rings. The van der Waals surface area contributed by atoms with Crippen molar-refractivity contribution in [1.29, 1.82) is 0 Å². The number of thioether (sulfide) groups is 1. The normalized spacial score (nSPS) is 10.6. The standard InChI is InChI=1S/C15H16ClNO2S2/c16-14-5-4-13(21-14)9-20-10-15(19)17-7-11-2-1-3-12(6-11)8-18/h1-6,18H,7-10H2,(H,17,19). The zero-order valence-corrected chi connectivity index (χ0v) is 13.7. The van der Waals surface area contributed by atoms with Crippen LogP contribution < -0.4 is 5.32 Å². The number of halogens is 1. The Bertz CT molecular complexity index is 601. The summed E-state index contributed by atoms with van der Waals surface area (Å²) in [5, 5.41) is 11.9. The van der Waals surface area contributed by atoms with E-state index in [9.17, 15) is 4.79 Å². The molecule has 0 saturated heterocycles. The van der Waals surface area contributed by atoms with Crippen molar-refractivity contribution in [2.45, 2.75) is 18.9 Å². The summed E-state index contributed by atoms with van der Waals surface area (Å²) in [6, 6.07) is 11.4. The molecule has 0 saturated carbocycles. The summed E-state index contributed by atoms with van der Waals surface area (Å²) in [6.07, 6.45) is 0. The number of hydrogen-bond acceptors (Lipinski definition) is 4. The molecule has 0 spiro atoms. The number of carbonyl (C=O) groups excluding carboxylic acids is 1. The monoisotopic (exact) mass is 341 g/mol. The van der Waals surface area contributed by atoms with Crippen molar-refractivity contribution >= 4 is 40.6 Å². The molecule has 0 aliphatic heterocycles. The Hall–Kier alpha value is -1.01. The van der Waals surface area contributed by atoms with Crippen molar-refractivity contribution in [3.8, 4) is 0 Å². The highest BCUT2D eigenvalue weighted by Gasteiger charge is 2.04. The number of nitrogens with one attached hydrogen (secondary N) is 1. The van der Waals surface area contributed by atoms with E-state index < -0.39 is 0 Å². The molecule has 0 radical (unpaired) electrons. The van der Waals surface area contributed by atoms with Crippen molar-refractivity contribution in [1.82, 2.24) is 5.32 Å². The van der Waals surface area contributed by atoms with E-state index in [0.29, 0.717) is 12.3 Å². The van der Waals surface area contributed by atoms with E-state index in [1.165, 1.54) is 4.88 Å². The Morgan fingerprint density at radius 1 is 1.29 bits per heavy atom. The quantitative estimate of drug-likeness (QED) is 0.811. The molecule has 3 nitrogen and oxygen atoms in total. The van der Waals surface area contributed by atoms with Gasteiger partial charge in [-0.1, -0.05) is 35.9 Å². The maximum Gasteiger partial charge on any atom is 0.230 e. The van der Waals surface area contributed by atoms with Gasteiger partial charge < -0.3 is 10.4 Å². The number of amides is 1. The van der Waals surface area contributed by atoms with Crippen LogP contribution in [-0.4, -0.2) is 16.8 Å². The van der Waals surface area contributed by atoms with Gasteiger partial charge in [-0.25, -0.2) is 0 Å². The first-order chi connectivity index (χ1) is 10.2. The molecule has 0 aliphatic carbocycles. The third kappa shape index (κ3) is 5.71. The van der Waals surface area contributed by atoms with Crippen LogP contribution in [0.3, 0.4) is 0 Å². The minimum atomic E-state index is 0.0112. The van der Waals surface area contributed by atoms with Gasteiger partial charge >= 0.3 is 0 Å². The SMILES string of the molecule is O=C(CSCc1ccc(Cl)s1)NCc1cccc(CO)c1. The smallest absolute Gasteiger partial charge is 0.230 e. The Labute approximate surface area is 137 Å². The summed E-state index contributed by atoms with van der Waals surface area (Å²) in [7, 11) is 0. The Balaban J connectivity index is 1.69. The predicted molar refractivity (Wildman–Crippen MR) is 89.7 cm³/mol. The molecule has 21 heavy (non-hydrogen) atoms. The van der Waals surface area contributed by atoms with Crippen molar-refractivity contribution in [3.63, 3.8) is 0 Å². The molecule has 1 heterocycles. The topological polar surface area (TPSA) is 49.3 Å². The highest BCUT2D eigenvalue weighted by molar-refractivity contribution is 7.99. The van der Waals surface area contributed by atoms with Gasteiger partial charge in [0.25, 0.3) is 0 Å². The number of aliphatic hydroxyl groups is 1. The van der Waals surface area contributed by atoms with Crippen LogP contribution in [-0.2, 0) is 23.7 Å². The summed E-state index contributed by atoms with van der Waals surface area (Å²) in [6.45, 7) is 0.499. The maximum absolute atomic E-state index is 11.8. The van der Waals surface area contributed by atoms with Crippen molar-refractivity contribution < 1.29 is 9.90 Å². The third-order valence-corrected chi connectivity index (χ3v) is 5.17. The number of rotatable bonds is 7. The lowest BCUT2D eigenvalue weighted by Crippen LogP contribution is -2.24. The van der Waals surface area contributed by atoms with Gasteiger partial charge in [-0.3, -0.25) is 4.79 Å². The number of benzene rings is 1. The van der Waals surface area contributed by atoms with Crippen LogP contribution >= 0.6 is 34.7 Å². The highest BCUT2D eigenvalue weighted by Crippen LogP contribution is 2.24. The molecular formula is C15H16ClNO2S2. The Morgan fingerprint density at radius 2 is 2.10 bits per heavy atom. The van der Waals surface area contributed by atoms with Gasteiger partial charge in [-0.2, -0.15) is 0 Å². The van der Waals surface area contributed by atoms with Crippen LogP contribution in [0, 0.1) is 0 Å². The van der Waals surface area contributed by atoms with Gasteiger partial charge in [0.1, 0.15) is 0 Å². The zero-order valence-electron chi connectivity index (χ0n) is 11.3. The summed E-state index contributed by atoms with van der Waals surface area (Å²) in [5.74, 6) is 1.23. The summed E-state index contributed by atoms with van der Waals surface area (Å²) >= 11 is 8.97. The first kappa shape index (κ1) is 16.4. The lowest BCUT2D eigenvalue weighted by molar-refractivity contribution is -0.118. The summed E-state index contributed by atoms with van der Waals surface area (Å²) in [5.41, 5.74) is 1.84. The lowest BCUT2D eigenvalue weighted by Gasteiger charge is -2.06. The van der Waals surface area contributed by atoms with Gasteiger partial charge in [-0.15, -0.1) is 23.1 Å². The van der Waals surface area contributed by atoms with E-state index in [-0.39, 0.29) is 12.5 Å². The van der Waals surface area contributed by atoms with Gasteiger partial charge in [0.2, 0.25) is 5.91 Å². The molecule has 0 bridgehead atoms. The molecule has 1 aromatic carbocycles.